The van der Waals surface area contributed by atoms with E-state index in [4.69, 9.17) is 0 Å². The second kappa shape index (κ2) is 8.20. The predicted octanol–water partition coefficient (Wildman–Crippen LogP) is 3.98. The summed E-state index contributed by atoms with van der Waals surface area (Å²) in [7, 11) is 0. The smallest absolute Gasteiger partial charge is 0.106 e. The molecule has 0 saturated carbocycles. The van der Waals surface area contributed by atoms with E-state index in [0.29, 0.717) is 0 Å². The van der Waals surface area contributed by atoms with Gasteiger partial charge >= 0.3 is 79.1 Å². The van der Waals surface area contributed by atoms with Gasteiger partial charge in [-0.2, -0.15) is 0 Å². The van der Waals surface area contributed by atoms with E-state index in [0.717, 1.165) is 0 Å². The van der Waals surface area contributed by atoms with Crippen LogP contribution in [0.15, 0.2) is 56.2 Å². The summed E-state index contributed by atoms with van der Waals surface area (Å²) < 4.78 is 3.45. The zero-order chi connectivity index (χ0) is 9.52. The molecule has 0 aliphatic heterocycles. The molecular formula is C12H15ClZr. The van der Waals surface area contributed by atoms with Gasteiger partial charge in [0, 0.05) is 0 Å². The van der Waals surface area contributed by atoms with Gasteiger partial charge in [0.2, 0.25) is 0 Å². The molecule has 2 aliphatic rings. The quantitative estimate of drug-likeness (QED) is 0.673. The summed E-state index contributed by atoms with van der Waals surface area (Å²) in [5.41, 5.74) is 0. The Labute approximate surface area is 104 Å². The largest absolute Gasteiger partial charge is 0.147 e. The third-order valence-corrected chi connectivity index (χ3v) is 5.27. The zero-order valence-corrected chi connectivity index (χ0v) is 11.5. The molecule has 0 N–H and O–H groups in total. The van der Waals surface area contributed by atoms with E-state index in [2.05, 4.69) is 49.6 Å². The molecule has 0 aromatic rings. The minimum atomic E-state index is -0.312. The Morgan fingerprint density at radius 2 is 1.36 bits per heavy atom. The number of rotatable bonds is 2. The van der Waals surface area contributed by atoms with E-state index in [9.17, 15) is 0 Å². The van der Waals surface area contributed by atoms with Gasteiger partial charge in [0.25, 0.3) is 0 Å². The molecule has 0 fully saturated rings. The maximum absolute atomic E-state index is 3.00. The fraction of sp³-hybridized carbons (Fsp3) is 0.167. The molecule has 0 amide bonds. The molecule has 0 spiro atoms. The van der Waals surface area contributed by atoms with E-state index in [1.165, 1.54) is 12.8 Å². The van der Waals surface area contributed by atoms with Crippen molar-refractivity contribution in [2.75, 3.05) is 0 Å². The first-order valence-electron chi connectivity index (χ1n) is 4.43. The molecule has 0 nitrogen and oxygen atoms in total. The average Bonchev–Trinajstić information content (AvgIpc) is 2.81. The summed E-state index contributed by atoms with van der Waals surface area (Å²) in [6.45, 7) is 6.00. The molecule has 74 valence electrons. The Bertz CT molecular complexity index is 257. The van der Waals surface area contributed by atoms with Gasteiger partial charge in [0.15, 0.2) is 0 Å². The van der Waals surface area contributed by atoms with Crippen LogP contribution < -0.4 is 0 Å². The molecule has 0 radical (unpaired) electrons. The number of hydrogen-bond donors (Lipinski definition) is 0. The minimum absolute atomic E-state index is 0. The van der Waals surface area contributed by atoms with Crippen molar-refractivity contribution in [3.8, 4) is 0 Å². The van der Waals surface area contributed by atoms with Crippen molar-refractivity contribution in [1.82, 2.24) is 0 Å². The van der Waals surface area contributed by atoms with Crippen LogP contribution >= 0.6 is 12.4 Å². The molecule has 0 bridgehead atoms. The maximum atomic E-state index is 3.00. The first kappa shape index (κ1) is 13.9. The number of hydrogen-bond acceptors (Lipinski definition) is 0. The average molecular weight is 286 g/mol. The number of halogens is 1. The molecular weight excluding hydrogens is 271 g/mol. The normalized spacial score (nSPS) is 16.3. The monoisotopic (exact) mass is 284 g/mol. The van der Waals surface area contributed by atoms with Gasteiger partial charge in [-0.25, -0.2) is 0 Å². The summed E-state index contributed by atoms with van der Waals surface area (Å²) in [5, 5.41) is 0. The van der Waals surface area contributed by atoms with Crippen molar-refractivity contribution >= 4 is 12.4 Å². The molecule has 0 aromatic carbocycles. The Hall–Kier alpha value is -0.127. The van der Waals surface area contributed by atoms with E-state index < -0.39 is 0 Å². The minimum Gasteiger partial charge on any atom is -0.147 e. The molecule has 14 heavy (non-hydrogen) atoms. The topological polar surface area (TPSA) is 0 Å². The third kappa shape index (κ3) is 4.39. The van der Waals surface area contributed by atoms with Crippen LogP contribution in [0.4, 0.5) is 0 Å². The van der Waals surface area contributed by atoms with Crippen LogP contribution in [0.1, 0.15) is 12.8 Å². The molecule has 0 aromatic heterocycles. The van der Waals surface area contributed by atoms with Crippen molar-refractivity contribution in [1.29, 1.82) is 0 Å². The second-order valence-electron chi connectivity index (χ2n) is 2.77. The van der Waals surface area contributed by atoms with Crippen molar-refractivity contribution in [3.05, 3.63) is 56.2 Å². The van der Waals surface area contributed by atoms with E-state index >= 15 is 0 Å². The summed E-state index contributed by atoms with van der Waals surface area (Å²) in [5.74, 6) is 0. The Balaban J connectivity index is 0.000000531. The molecule has 0 atom stereocenters. The third-order valence-electron chi connectivity index (χ3n) is 1.86. The molecule has 2 heteroatoms. The summed E-state index contributed by atoms with van der Waals surface area (Å²) >= 11 is -0.312. The van der Waals surface area contributed by atoms with Gasteiger partial charge in [-0.15, -0.1) is 25.6 Å². The van der Waals surface area contributed by atoms with E-state index in [1.807, 2.05) is 0 Å². The number of allylic oxidation sites excluding steroid dienone is 8. The summed E-state index contributed by atoms with van der Waals surface area (Å²) in [6.07, 6.45) is 16.0. The van der Waals surface area contributed by atoms with Crippen molar-refractivity contribution in [3.63, 3.8) is 0 Å². The summed E-state index contributed by atoms with van der Waals surface area (Å²) in [6, 6.07) is 0. The van der Waals surface area contributed by atoms with Gasteiger partial charge in [-0.3, -0.25) is 0 Å². The molecule has 0 heterocycles. The fourth-order valence-corrected chi connectivity index (χ4v) is 4.26. The van der Waals surface area contributed by atoms with Gasteiger partial charge < -0.3 is 0 Å². The Kier molecular flexibility index (Phi) is 8.13. The van der Waals surface area contributed by atoms with Crippen LogP contribution in [0.3, 0.4) is 0 Å². The molecule has 2 aliphatic carbocycles. The zero-order valence-electron chi connectivity index (χ0n) is 8.20. The van der Waals surface area contributed by atoms with Crippen molar-refractivity contribution in [2.45, 2.75) is 12.8 Å². The second-order valence-corrected chi connectivity index (χ2v) is 6.55. The van der Waals surface area contributed by atoms with Crippen LogP contribution in [0.2, 0.25) is 0 Å². The van der Waals surface area contributed by atoms with Crippen molar-refractivity contribution < 1.29 is 23.2 Å². The summed E-state index contributed by atoms with van der Waals surface area (Å²) in [4.78, 5) is 0. The molecule has 0 unspecified atom stereocenters. The van der Waals surface area contributed by atoms with E-state index in [-0.39, 0.29) is 35.6 Å². The van der Waals surface area contributed by atoms with E-state index in [1.54, 1.807) is 6.56 Å². The van der Waals surface area contributed by atoms with Crippen molar-refractivity contribution in [2.24, 2.45) is 0 Å². The van der Waals surface area contributed by atoms with Gasteiger partial charge in [-0.05, 0) is 0 Å². The van der Waals surface area contributed by atoms with Crippen LogP contribution in [0.25, 0.3) is 0 Å². The van der Waals surface area contributed by atoms with Crippen LogP contribution in [0.5, 0.6) is 0 Å². The van der Waals surface area contributed by atoms with Gasteiger partial charge in [0.1, 0.15) is 0 Å². The molecule has 2 rings (SSSR count). The van der Waals surface area contributed by atoms with Crippen LogP contribution in [-0.2, 0) is 23.2 Å². The first-order valence-corrected chi connectivity index (χ1v) is 6.89. The van der Waals surface area contributed by atoms with Crippen LogP contribution in [-0.4, -0.2) is 0 Å². The standard InChI is InChI=1S/2C5H5.C2H4.ClH.Zr/c2*1-2-4-5-3-1;1-2;;/h2*1-3H,4H2;1-2H2;1H;. The van der Waals surface area contributed by atoms with Crippen LogP contribution in [0, 0.1) is 0 Å². The first-order chi connectivity index (χ1) is 6.45. The molecule has 0 saturated heterocycles. The fourth-order valence-electron chi connectivity index (χ4n) is 1.29. The Morgan fingerprint density at radius 1 is 0.929 bits per heavy atom. The van der Waals surface area contributed by atoms with Gasteiger partial charge in [0.05, 0.1) is 0 Å². The predicted molar refractivity (Wildman–Crippen MR) is 62.2 cm³/mol. The Morgan fingerprint density at radius 3 is 1.64 bits per heavy atom. The maximum Gasteiger partial charge on any atom is -0.106 e. The van der Waals surface area contributed by atoms with Gasteiger partial charge in [-0.1, -0.05) is 0 Å². The SMILES string of the molecule is C1=CC[C]([Zr][C]2=CC=CC2)=C1.C=C.Cl.